The summed E-state index contributed by atoms with van der Waals surface area (Å²) in [6.45, 7) is 2.21. The molecule has 3 aromatic rings. The molecule has 0 fully saturated rings. The number of hydrogen-bond donors (Lipinski definition) is 2. The van der Waals surface area contributed by atoms with Gasteiger partial charge in [0.15, 0.2) is 11.6 Å². The summed E-state index contributed by atoms with van der Waals surface area (Å²) >= 11 is 0. The van der Waals surface area contributed by atoms with Crippen molar-refractivity contribution in [2.24, 2.45) is 0 Å². The molecule has 0 unspecified atom stereocenters. The second-order valence-electron chi connectivity index (χ2n) is 9.05. The predicted octanol–water partition coefficient (Wildman–Crippen LogP) is 7.78. The molecule has 5 nitrogen and oxygen atoms in total. The molecule has 0 saturated heterocycles. The molecule has 0 aliphatic carbocycles. The van der Waals surface area contributed by atoms with Crippen molar-refractivity contribution < 1.29 is 21.9 Å². The number of unbranched alkanes of at least 4 members (excludes halogenated alkanes) is 9. The number of aromatic amines is 1. The molecule has 192 valence electrons. The van der Waals surface area contributed by atoms with Crippen LogP contribution in [0, 0.1) is 11.6 Å². The lowest BCUT2D eigenvalue weighted by Gasteiger charge is -2.13. The largest absolute Gasteiger partial charge is 0.495 e. The van der Waals surface area contributed by atoms with Gasteiger partial charge in [-0.15, -0.1) is 0 Å². The van der Waals surface area contributed by atoms with Crippen molar-refractivity contribution in [2.45, 2.75) is 71.1 Å². The van der Waals surface area contributed by atoms with Gasteiger partial charge in [-0.2, -0.15) is 0 Å². The molecule has 1 heterocycles. The van der Waals surface area contributed by atoms with Crippen molar-refractivity contribution in [1.82, 2.24) is 4.98 Å². The van der Waals surface area contributed by atoms with Crippen LogP contribution in [0.5, 0.6) is 5.75 Å². The Labute approximate surface area is 207 Å². The van der Waals surface area contributed by atoms with E-state index in [1.165, 1.54) is 45.6 Å². The highest BCUT2D eigenvalue weighted by Crippen LogP contribution is 2.33. The van der Waals surface area contributed by atoms with Crippen molar-refractivity contribution in [3.63, 3.8) is 0 Å². The molecule has 1 aromatic heterocycles. The number of ether oxygens (including phenoxy) is 1. The Kier molecular flexibility index (Phi) is 9.95. The van der Waals surface area contributed by atoms with Crippen LogP contribution in [0.3, 0.4) is 0 Å². The fourth-order valence-electron chi connectivity index (χ4n) is 4.24. The van der Waals surface area contributed by atoms with Crippen molar-refractivity contribution in [2.75, 3.05) is 17.6 Å². The molecule has 0 amide bonds. The first-order valence-electron chi connectivity index (χ1n) is 12.5. The van der Waals surface area contributed by atoms with Crippen LogP contribution in [0.2, 0.25) is 0 Å². The topological polar surface area (TPSA) is 71.2 Å². The standard InChI is InChI=1S/C27H36F2N2O3S/c1-3-4-5-6-7-8-9-10-11-12-15-35(32,33)31-26-17-20(13-14-27(26)34-2)24-18-21-16-22(28)23(29)19-25(21)30-24/h13-14,16-19,30-31H,3-12,15H2,1-2H3. The van der Waals surface area contributed by atoms with Crippen LogP contribution in [0.25, 0.3) is 22.2 Å². The number of aromatic nitrogens is 1. The summed E-state index contributed by atoms with van der Waals surface area (Å²) in [5.74, 6) is -1.41. The van der Waals surface area contributed by atoms with E-state index >= 15 is 0 Å². The SMILES string of the molecule is CCCCCCCCCCCCS(=O)(=O)Nc1cc(-c2cc3cc(F)c(F)cc3[nH]2)ccc1OC. The second kappa shape index (κ2) is 12.9. The molecular formula is C27H36F2N2O3S. The van der Waals surface area contributed by atoms with E-state index in [2.05, 4.69) is 16.6 Å². The van der Waals surface area contributed by atoms with Crippen molar-refractivity contribution >= 4 is 26.6 Å². The molecule has 2 N–H and O–H groups in total. The van der Waals surface area contributed by atoms with Gasteiger partial charge in [0.25, 0.3) is 0 Å². The lowest BCUT2D eigenvalue weighted by Crippen LogP contribution is -2.17. The first kappa shape index (κ1) is 27.0. The summed E-state index contributed by atoms with van der Waals surface area (Å²) in [7, 11) is -2.07. The van der Waals surface area contributed by atoms with Gasteiger partial charge >= 0.3 is 0 Å². The summed E-state index contributed by atoms with van der Waals surface area (Å²) in [4.78, 5) is 3.06. The van der Waals surface area contributed by atoms with Gasteiger partial charge in [0.2, 0.25) is 10.0 Å². The molecule has 0 radical (unpaired) electrons. The monoisotopic (exact) mass is 506 g/mol. The number of anilines is 1. The van der Waals surface area contributed by atoms with E-state index < -0.39 is 21.7 Å². The van der Waals surface area contributed by atoms with Gasteiger partial charge in [0.05, 0.1) is 18.6 Å². The second-order valence-corrected chi connectivity index (χ2v) is 10.9. The van der Waals surface area contributed by atoms with Crippen molar-refractivity contribution in [3.05, 3.63) is 48.0 Å². The van der Waals surface area contributed by atoms with Crippen molar-refractivity contribution in [3.8, 4) is 17.0 Å². The minimum Gasteiger partial charge on any atom is -0.495 e. The Morgan fingerprint density at radius 2 is 1.49 bits per heavy atom. The van der Waals surface area contributed by atoms with Crippen LogP contribution >= 0.6 is 0 Å². The Bertz CT molecular complexity index is 1170. The maximum atomic E-state index is 13.6. The third-order valence-electron chi connectivity index (χ3n) is 6.20. The fourth-order valence-corrected chi connectivity index (χ4v) is 5.42. The predicted molar refractivity (Wildman–Crippen MR) is 139 cm³/mol. The third-order valence-corrected chi connectivity index (χ3v) is 7.56. The highest BCUT2D eigenvalue weighted by molar-refractivity contribution is 7.92. The minimum absolute atomic E-state index is 0.0435. The summed E-state index contributed by atoms with van der Waals surface area (Å²) in [6.07, 6.45) is 11.3. The Hall–Kier alpha value is -2.61. The molecule has 0 bridgehead atoms. The molecule has 0 spiro atoms. The molecule has 3 rings (SSSR count). The van der Waals surface area contributed by atoms with E-state index in [0.717, 1.165) is 31.4 Å². The summed E-state index contributed by atoms with van der Waals surface area (Å²) in [5, 5.41) is 0.526. The Morgan fingerprint density at radius 1 is 0.857 bits per heavy atom. The van der Waals surface area contributed by atoms with E-state index in [1.807, 2.05) is 0 Å². The van der Waals surface area contributed by atoms with Gasteiger partial charge in [-0.1, -0.05) is 64.7 Å². The maximum Gasteiger partial charge on any atom is 0.232 e. The summed E-state index contributed by atoms with van der Waals surface area (Å²) in [6, 6.07) is 9.02. The third kappa shape index (κ3) is 7.95. The van der Waals surface area contributed by atoms with Gasteiger partial charge < -0.3 is 9.72 Å². The minimum atomic E-state index is -3.55. The number of benzene rings is 2. The van der Waals surface area contributed by atoms with E-state index in [-0.39, 0.29) is 5.75 Å². The number of halogens is 2. The Morgan fingerprint density at radius 3 is 2.14 bits per heavy atom. The fraction of sp³-hybridized carbons (Fsp3) is 0.481. The number of methoxy groups -OCH3 is 1. The number of nitrogens with one attached hydrogen (secondary N) is 2. The van der Waals surface area contributed by atoms with Crippen LogP contribution in [-0.2, 0) is 10.0 Å². The highest BCUT2D eigenvalue weighted by atomic mass is 32.2. The van der Waals surface area contributed by atoms with Gasteiger partial charge in [-0.05, 0) is 36.8 Å². The first-order chi connectivity index (χ1) is 16.8. The summed E-state index contributed by atoms with van der Waals surface area (Å²) < 4.78 is 60.5. The van der Waals surface area contributed by atoms with Crippen molar-refractivity contribution in [1.29, 1.82) is 0 Å². The van der Waals surface area contributed by atoms with Crippen LogP contribution in [0.1, 0.15) is 71.1 Å². The molecule has 35 heavy (non-hydrogen) atoms. The van der Waals surface area contributed by atoms with Crippen LogP contribution in [-0.4, -0.2) is 26.3 Å². The van der Waals surface area contributed by atoms with Gasteiger partial charge in [0.1, 0.15) is 5.75 Å². The molecule has 0 saturated carbocycles. The van der Waals surface area contributed by atoms with E-state index in [0.29, 0.717) is 40.0 Å². The van der Waals surface area contributed by atoms with Gasteiger partial charge in [-0.3, -0.25) is 4.72 Å². The number of H-pyrrole nitrogens is 1. The smallest absolute Gasteiger partial charge is 0.232 e. The number of sulfonamides is 1. The van der Waals surface area contributed by atoms with Gasteiger partial charge in [-0.25, -0.2) is 17.2 Å². The zero-order valence-electron chi connectivity index (χ0n) is 20.6. The number of hydrogen-bond acceptors (Lipinski definition) is 3. The molecule has 0 aliphatic rings. The van der Waals surface area contributed by atoms with Gasteiger partial charge in [0, 0.05) is 28.2 Å². The van der Waals surface area contributed by atoms with Crippen LogP contribution in [0.4, 0.5) is 14.5 Å². The highest BCUT2D eigenvalue weighted by Gasteiger charge is 2.16. The van der Waals surface area contributed by atoms with E-state index in [1.54, 1.807) is 24.3 Å². The molecular weight excluding hydrogens is 470 g/mol. The molecule has 0 atom stereocenters. The van der Waals surface area contributed by atoms with Crippen LogP contribution < -0.4 is 9.46 Å². The average molecular weight is 507 g/mol. The maximum absolute atomic E-state index is 13.6. The molecule has 8 heteroatoms. The lowest BCUT2D eigenvalue weighted by molar-refractivity contribution is 0.417. The molecule has 0 aliphatic heterocycles. The van der Waals surface area contributed by atoms with E-state index in [4.69, 9.17) is 4.74 Å². The lowest BCUT2D eigenvalue weighted by atomic mass is 10.1. The van der Waals surface area contributed by atoms with E-state index in [9.17, 15) is 17.2 Å². The summed E-state index contributed by atoms with van der Waals surface area (Å²) in [5.41, 5.74) is 2.06. The zero-order chi connectivity index (χ0) is 25.3. The van der Waals surface area contributed by atoms with Crippen LogP contribution in [0.15, 0.2) is 36.4 Å². The number of fused-ring (bicyclic) bond motifs is 1. The quantitative estimate of drug-likeness (QED) is 0.207. The molecule has 2 aromatic carbocycles. The number of rotatable bonds is 15. The first-order valence-corrected chi connectivity index (χ1v) is 14.1. The zero-order valence-corrected chi connectivity index (χ0v) is 21.4. The Balaban J connectivity index is 1.57. The normalized spacial score (nSPS) is 11.8. The average Bonchev–Trinajstić information content (AvgIpc) is 3.23.